The van der Waals surface area contributed by atoms with Gasteiger partial charge in [-0.2, -0.15) is 14.8 Å². The van der Waals surface area contributed by atoms with Gasteiger partial charge in [-0.25, -0.2) is 0 Å². The number of amides is 2. The zero-order chi connectivity index (χ0) is 40.5. The van der Waals surface area contributed by atoms with Gasteiger partial charge in [-0.15, -0.1) is 5.10 Å². The van der Waals surface area contributed by atoms with Crippen molar-refractivity contribution in [3.63, 3.8) is 0 Å². The van der Waals surface area contributed by atoms with Gasteiger partial charge in [0.05, 0.1) is 11.4 Å². The van der Waals surface area contributed by atoms with Crippen molar-refractivity contribution in [1.29, 1.82) is 0 Å². The SMILES string of the molecule is CCCCN(CCCC)C1=NN(c2ccc(NC(=O)C(CC)Oc3ccc(C(C)(C)CC)cc3C(C)(C)CC)cc2)C(=O)C1Sc1nnnn1-c1ccccc1. The predicted octanol–water partition coefficient (Wildman–Crippen LogP) is 9.56. The molecule has 0 radical (unpaired) electrons. The Hall–Kier alpha value is -4.71. The van der Waals surface area contributed by atoms with Crippen LogP contribution in [-0.4, -0.2) is 67.2 Å². The van der Waals surface area contributed by atoms with Crippen LogP contribution < -0.4 is 15.1 Å². The fourth-order valence-corrected chi connectivity index (χ4v) is 7.47. The summed E-state index contributed by atoms with van der Waals surface area (Å²) in [5.41, 5.74) is 4.29. The molecule has 2 amide bonds. The van der Waals surface area contributed by atoms with Crippen LogP contribution in [0.5, 0.6) is 5.75 Å². The second-order valence-electron chi connectivity index (χ2n) is 15.7. The Bertz CT molecular complexity index is 1930. The number of benzene rings is 3. The summed E-state index contributed by atoms with van der Waals surface area (Å²) in [6.07, 6.45) is 5.76. The summed E-state index contributed by atoms with van der Waals surface area (Å²) >= 11 is 1.31. The van der Waals surface area contributed by atoms with Crippen LogP contribution in [0.3, 0.4) is 0 Å². The molecule has 2 unspecified atom stereocenters. The van der Waals surface area contributed by atoms with Gasteiger partial charge in [-0.1, -0.05) is 117 Å². The van der Waals surface area contributed by atoms with Gasteiger partial charge in [0.25, 0.3) is 11.8 Å². The Balaban J connectivity index is 1.37. The predicted molar refractivity (Wildman–Crippen MR) is 228 cm³/mol. The molecule has 2 heterocycles. The van der Waals surface area contributed by atoms with E-state index in [4.69, 9.17) is 9.84 Å². The first kappa shape index (κ1) is 42.4. The van der Waals surface area contributed by atoms with E-state index in [0.29, 0.717) is 28.8 Å². The fraction of sp³-hybridized carbons (Fsp3) is 0.500. The second kappa shape index (κ2) is 19.0. The third kappa shape index (κ3) is 9.80. The Morgan fingerprint density at radius 2 is 1.54 bits per heavy atom. The zero-order valence-corrected chi connectivity index (χ0v) is 35.5. The molecule has 0 aliphatic carbocycles. The molecule has 0 spiro atoms. The van der Waals surface area contributed by atoms with E-state index in [9.17, 15) is 9.59 Å². The lowest BCUT2D eigenvalue weighted by Gasteiger charge is -2.31. The number of hydrogen-bond acceptors (Lipinski definition) is 9. The molecule has 2 atom stereocenters. The van der Waals surface area contributed by atoms with E-state index in [0.717, 1.165) is 68.6 Å². The van der Waals surface area contributed by atoms with E-state index in [1.165, 1.54) is 22.3 Å². The van der Waals surface area contributed by atoms with Gasteiger partial charge in [-0.3, -0.25) is 9.59 Å². The summed E-state index contributed by atoms with van der Waals surface area (Å²) in [7, 11) is 0. The van der Waals surface area contributed by atoms with E-state index in [-0.39, 0.29) is 22.6 Å². The number of hydrogen-bond donors (Lipinski definition) is 1. The van der Waals surface area contributed by atoms with Gasteiger partial charge in [0.1, 0.15) is 11.6 Å². The molecule has 5 rings (SSSR count). The molecule has 56 heavy (non-hydrogen) atoms. The first-order valence-corrected chi connectivity index (χ1v) is 21.2. The summed E-state index contributed by atoms with van der Waals surface area (Å²) < 4.78 is 8.17. The molecule has 1 N–H and O–H groups in total. The number of aromatic nitrogens is 4. The van der Waals surface area contributed by atoms with Gasteiger partial charge in [0.15, 0.2) is 11.4 Å². The average Bonchev–Trinajstić information content (AvgIpc) is 3.81. The van der Waals surface area contributed by atoms with Gasteiger partial charge in [0.2, 0.25) is 5.16 Å². The summed E-state index contributed by atoms with van der Waals surface area (Å²) in [6.45, 7) is 21.2. The average molecular weight is 781 g/mol. The summed E-state index contributed by atoms with van der Waals surface area (Å²) in [4.78, 5) is 30.3. The highest BCUT2D eigenvalue weighted by Crippen LogP contribution is 2.39. The molecule has 1 aliphatic rings. The van der Waals surface area contributed by atoms with Gasteiger partial charge < -0.3 is 15.0 Å². The number of anilines is 2. The van der Waals surface area contributed by atoms with Crippen LogP contribution in [0.1, 0.15) is 118 Å². The number of carbonyl (C=O) groups is 2. The van der Waals surface area contributed by atoms with Crippen molar-refractivity contribution in [2.75, 3.05) is 23.4 Å². The van der Waals surface area contributed by atoms with Crippen LogP contribution in [0.15, 0.2) is 83.1 Å². The largest absolute Gasteiger partial charge is 0.480 e. The number of unbranched alkanes of at least 4 members (excludes halogenated alkanes) is 2. The Kier molecular flexibility index (Phi) is 14.4. The standard InChI is InChI=1S/C44H60N8O3S/c1-10-15-28-50(29-16-11-2)39-38(56-42-46-48-49-52(42)33-20-18-17-19-21-33)41(54)51(47-39)34-25-23-32(24-26-34)45-40(53)36(12-3)55-37-27-22-31(43(6,7)13-4)30-35(37)44(8,9)14-5/h17-27,30,36,38H,10-16,28-29H2,1-9H3,(H,45,53). The molecule has 300 valence electrons. The number of thioether (sulfide) groups is 1. The van der Waals surface area contributed by atoms with E-state index >= 15 is 0 Å². The maximum atomic E-state index is 14.3. The van der Waals surface area contributed by atoms with Crippen LogP contribution in [0, 0.1) is 0 Å². The maximum Gasteiger partial charge on any atom is 0.268 e. The Morgan fingerprint density at radius 1 is 0.875 bits per heavy atom. The van der Waals surface area contributed by atoms with Crippen LogP contribution in [0.2, 0.25) is 0 Å². The molecule has 0 saturated carbocycles. The first-order chi connectivity index (χ1) is 26.9. The Labute approximate surface area is 337 Å². The number of carbonyl (C=O) groups excluding carboxylic acids is 2. The number of nitrogens with one attached hydrogen (secondary N) is 1. The molecule has 11 nitrogen and oxygen atoms in total. The van der Waals surface area contributed by atoms with E-state index in [1.807, 2.05) is 55.5 Å². The summed E-state index contributed by atoms with van der Waals surface area (Å²) in [5, 5.41) is 21.8. The van der Waals surface area contributed by atoms with Crippen molar-refractivity contribution in [3.05, 3.63) is 83.9 Å². The van der Waals surface area contributed by atoms with Gasteiger partial charge in [-0.05, 0) is 101 Å². The number of para-hydroxylation sites is 1. The maximum absolute atomic E-state index is 14.3. The minimum atomic E-state index is -0.694. The molecule has 3 aromatic carbocycles. The van der Waals surface area contributed by atoms with Gasteiger partial charge >= 0.3 is 0 Å². The number of rotatable bonds is 19. The highest BCUT2D eigenvalue weighted by Gasteiger charge is 2.41. The third-order valence-electron chi connectivity index (χ3n) is 11.0. The smallest absolute Gasteiger partial charge is 0.268 e. The molecule has 1 aliphatic heterocycles. The first-order valence-electron chi connectivity index (χ1n) is 20.3. The van der Waals surface area contributed by atoms with Crippen LogP contribution >= 0.6 is 11.8 Å². The lowest BCUT2D eigenvalue weighted by Crippen LogP contribution is -2.40. The highest BCUT2D eigenvalue weighted by atomic mass is 32.2. The van der Waals surface area contributed by atoms with E-state index < -0.39 is 11.4 Å². The minimum absolute atomic E-state index is 0.0291. The topological polar surface area (TPSA) is 118 Å². The summed E-state index contributed by atoms with van der Waals surface area (Å²) in [6, 6.07) is 23.3. The van der Waals surface area contributed by atoms with Crippen molar-refractivity contribution in [3.8, 4) is 11.4 Å². The molecule has 0 bridgehead atoms. The molecular formula is C44H60N8O3S. The second-order valence-corrected chi connectivity index (χ2v) is 16.8. The minimum Gasteiger partial charge on any atom is -0.480 e. The molecule has 1 aromatic heterocycles. The van der Waals surface area contributed by atoms with E-state index in [2.05, 4.69) is 93.3 Å². The summed E-state index contributed by atoms with van der Waals surface area (Å²) in [5.74, 6) is 1.03. The molecule has 12 heteroatoms. The van der Waals surface area contributed by atoms with Crippen molar-refractivity contribution < 1.29 is 14.3 Å². The molecule has 0 saturated heterocycles. The molecule has 0 fully saturated rings. The van der Waals surface area contributed by atoms with Crippen molar-refractivity contribution in [2.45, 2.75) is 135 Å². The molecule has 4 aromatic rings. The Morgan fingerprint density at radius 3 is 2.14 bits per heavy atom. The van der Waals surface area contributed by atoms with Crippen molar-refractivity contribution >= 4 is 40.8 Å². The van der Waals surface area contributed by atoms with E-state index in [1.54, 1.807) is 16.8 Å². The lowest BCUT2D eigenvalue weighted by molar-refractivity contribution is -0.123. The quantitative estimate of drug-likeness (QED) is 0.100. The zero-order valence-electron chi connectivity index (χ0n) is 34.7. The van der Waals surface area contributed by atoms with Gasteiger partial charge in [0, 0.05) is 24.3 Å². The molecular weight excluding hydrogens is 721 g/mol. The highest BCUT2D eigenvalue weighted by molar-refractivity contribution is 8.01. The van der Waals surface area contributed by atoms with Crippen molar-refractivity contribution in [1.82, 2.24) is 25.1 Å². The van der Waals surface area contributed by atoms with Crippen LogP contribution in [0.25, 0.3) is 5.69 Å². The van der Waals surface area contributed by atoms with Crippen LogP contribution in [-0.2, 0) is 20.4 Å². The number of nitrogens with zero attached hydrogens (tertiary/aromatic N) is 7. The number of tetrazole rings is 1. The van der Waals surface area contributed by atoms with Crippen molar-refractivity contribution in [2.24, 2.45) is 5.10 Å². The van der Waals surface area contributed by atoms with Crippen LogP contribution in [0.4, 0.5) is 11.4 Å². The third-order valence-corrected chi connectivity index (χ3v) is 12.1. The monoisotopic (exact) mass is 780 g/mol. The number of amidine groups is 1. The number of ether oxygens (including phenoxy) is 1. The number of hydrazone groups is 1. The normalized spacial score (nSPS) is 15.2. The fourth-order valence-electron chi connectivity index (χ4n) is 6.43. The lowest BCUT2D eigenvalue weighted by atomic mass is 9.76.